The molecule has 170 valence electrons. The lowest BCUT2D eigenvalue weighted by atomic mass is 9.62. The minimum Gasteiger partial charge on any atom is -0.388 e. The van der Waals surface area contributed by atoms with E-state index in [4.69, 9.17) is 14.7 Å². The van der Waals surface area contributed by atoms with E-state index in [0.717, 1.165) is 12.1 Å². The third kappa shape index (κ3) is 2.48. The number of aliphatic hydroxyl groups excluding tert-OH is 1. The topological polar surface area (TPSA) is 112 Å². The number of carbonyl (C=O) groups is 2. The summed E-state index contributed by atoms with van der Waals surface area (Å²) in [6.07, 6.45) is -6.58. The predicted molar refractivity (Wildman–Crippen MR) is 101 cm³/mol. The Labute approximate surface area is 180 Å². The van der Waals surface area contributed by atoms with Crippen molar-refractivity contribution in [1.29, 1.82) is 5.26 Å². The Morgan fingerprint density at radius 1 is 1.41 bits per heavy atom. The summed E-state index contributed by atoms with van der Waals surface area (Å²) < 4.78 is 52.7. The van der Waals surface area contributed by atoms with Gasteiger partial charge in [-0.15, -0.1) is 0 Å². The van der Waals surface area contributed by atoms with Crippen LogP contribution in [0, 0.1) is 23.2 Å². The van der Waals surface area contributed by atoms with Crippen LogP contribution in [-0.4, -0.2) is 53.1 Å². The highest BCUT2D eigenvalue weighted by Gasteiger charge is 2.81. The van der Waals surface area contributed by atoms with Crippen LogP contribution >= 0.6 is 0 Å². The van der Waals surface area contributed by atoms with E-state index in [1.54, 1.807) is 6.92 Å². The van der Waals surface area contributed by atoms with Crippen molar-refractivity contribution in [2.45, 2.75) is 56.0 Å². The highest BCUT2D eigenvalue weighted by Crippen LogP contribution is 2.65. The van der Waals surface area contributed by atoms with Gasteiger partial charge in [0.25, 0.3) is 0 Å². The summed E-state index contributed by atoms with van der Waals surface area (Å²) in [5.74, 6) is -2.35. The largest absolute Gasteiger partial charge is 0.417 e. The second-order valence-corrected chi connectivity index (χ2v) is 8.93. The van der Waals surface area contributed by atoms with Crippen LogP contribution in [0.4, 0.5) is 18.9 Å². The van der Waals surface area contributed by atoms with Crippen molar-refractivity contribution in [3.8, 4) is 6.07 Å². The van der Waals surface area contributed by atoms with Gasteiger partial charge in [-0.25, -0.2) is 0 Å². The van der Waals surface area contributed by atoms with Crippen molar-refractivity contribution in [1.82, 2.24) is 5.32 Å². The third-order valence-electron chi connectivity index (χ3n) is 7.29. The van der Waals surface area contributed by atoms with Gasteiger partial charge in [-0.3, -0.25) is 14.5 Å². The summed E-state index contributed by atoms with van der Waals surface area (Å²) in [6, 6.07) is 3.83. The van der Waals surface area contributed by atoms with Gasteiger partial charge in [-0.05, 0) is 25.1 Å². The van der Waals surface area contributed by atoms with E-state index in [-0.39, 0.29) is 18.2 Å². The first-order valence-electron chi connectivity index (χ1n) is 10.2. The molecule has 0 radical (unpaired) electrons. The van der Waals surface area contributed by atoms with E-state index < -0.39 is 64.6 Å². The van der Waals surface area contributed by atoms with Crippen molar-refractivity contribution >= 4 is 17.5 Å². The van der Waals surface area contributed by atoms with Gasteiger partial charge in [0, 0.05) is 19.0 Å². The number of hydrogen-bond donors (Lipinski definition) is 2. The zero-order valence-corrected chi connectivity index (χ0v) is 17.1. The summed E-state index contributed by atoms with van der Waals surface area (Å²) in [6.45, 7) is 3.02. The second-order valence-electron chi connectivity index (χ2n) is 8.93. The summed E-state index contributed by atoms with van der Waals surface area (Å²) >= 11 is 0. The summed E-state index contributed by atoms with van der Waals surface area (Å²) in [5.41, 5.74) is -4.17. The molecule has 32 heavy (non-hydrogen) atoms. The minimum absolute atomic E-state index is 0.0497. The fraction of sp³-hybridized carbons (Fsp3) is 0.571. The molecule has 0 aliphatic carbocycles. The predicted octanol–water partition coefficient (Wildman–Crippen LogP) is 1.31. The minimum atomic E-state index is -4.78. The van der Waals surface area contributed by atoms with E-state index in [1.165, 1.54) is 24.0 Å². The molecule has 7 atom stereocenters. The van der Waals surface area contributed by atoms with E-state index >= 15 is 0 Å². The molecular weight excluding hydrogens is 431 g/mol. The molecule has 4 heterocycles. The van der Waals surface area contributed by atoms with Gasteiger partial charge in [0.2, 0.25) is 11.8 Å². The number of nitriles is 1. The molecule has 2 N–H and O–H groups in total. The Bertz CT molecular complexity index is 1070. The molecule has 0 unspecified atom stereocenters. The zero-order chi connectivity index (χ0) is 23.2. The number of nitrogens with zero attached hydrogens (tertiary/aromatic N) is 2. The highest BCUT2D eigenvalue weighted by atomic mass is 19.4. The first-order valence-corrected chi connectivity index (χ1v) is 10.2. The molecular formula is C21H20F3N3O5. The van der Waals surface area contributed by atoms with Crippen LogP contribution in [0.3, 0.4) is 0 Å². The van der Waals surface area contributed by atoms with Gasteiger partial charge in [-0.1, -0.05) is 0 Å². The number of hydrogen-bond acceptors (Lipinski definition) is 6. The molecule has 0 aromatic heterocycles. The molecule has 4 fully saturated rings. The number of carbonyl (C=O) groups excluding carboxylic acids is 2. The Hall–Kier alpha value is -2.68. The third-order valence-corrected chi connectivity index (χ3v) is 7.29. The van der Waals surface area contributed by atoms with Gasteiger partial charge in [-0.2, -0.15) is 18.4 Å². The summed E-state index contributed by atoms with van der Waals surface area (Å²) in [5, 5.41) is 22.8. The molecule has 11 heteroatoms. The molecule has 8 nitrogen and oxygen atoms in total. The Morgan fingerprint density at radius 3 is 2.75 bits per heavy atom. The maximum atomic E-state index is 13.5. The number of ether oxygens (including phenoxy) is 2. The molecule has 0 saturated carbocycles. The Morgan fingerprint density at radius 2 is 2.12 bits per heavy atom. The van der Waals surface area contributed by atoms with Gasteiger partial charge < -0.3 is 19.9 Å². The average Bonchev–Trinajstić information content (AvgIpc) is 3.25. The summed E-state index contributed by atoms with van der Waals surface area (Å²) in [7, 11) is 0. The van der Waals surface area contributed by atoms with E-state index in [2.05, 4.69) is 5.32 Å². The molecule has 2 bridgehead atoms. The van der Waals surface area contributed by atoms with E-state index in [0.29, 0.717) is 6.42 Å². The Balaban J connectivity index is 1.62. The number of amides is 2. The van der Waals surface area contributed by atoms with Crippen molar-refractivity contribution in [3.63, 3.8) is 0 Å². The SMILES string of the molecule is CC(=O)N[C@@H]1[C@@H](O)[C@@]2(C)O[C@@]13CCO[C@H]1[C@@H]3[C@@H]2C(=O)N1c1ccc(C#N)c(C(F)(F)F)c1. The number of nitrogens with one attached hydrogen (secondary N) is 1. The number of halogens is 3. The summed E-state index contributed by atoms with van der Waals surface area (Å²) in [4.78, 5) is 26.5. The average molecular weight is 451 g/mol. The maximum absolute atomic E-state index is 13.5. The smallest absolute Gasteiger partial charge is 0.388 e. The number of anilines is 1. The molecule has 1 spiro atoms. The van der Waals surface area contributed by atoms with Crippen LogP contribution < -0.4 is 10.2 Å². The monoisotopic (exact) mass is 451 g/mol. The quantitative estimate of drug-likeness (QED) is 0.702. The molecule has 1 aromatic carbocycles. The first-order chi connectivity index (χ1) is 15.0. The van der Waals surface area contributed by atoms with Crippen LogP contribution in [0.1, 0.15) is 31.4 Å². The van der Waals surface area contributed by atoms with Gasteiger partial charge in [0.1, 0.15) is 23.5 Å². The van der Waals surface area contributed by atoms with Gasteiger partial charge >= 0.3 is 6.18 Å². The number of benzene rings is 1. The van der Waals surface area contributed by atoms with Crippen LogP contribution in [0.15, 0.2) is 18.2 Å². The Kier molecular flexibility index (Phi) is 4.26. The van der Waals surface area contributed by atoms with Crippen LogP contribution in [0.5, 0.6) is 0 Å². The molecule has 4 saturated heterocycles. The standard InChI is InChI=1S/C21H20F3N3O5/c1-9(28)26-15-16(29)19(2)13-14-18(31-6-5-20(14,15)32-19)27(17(13)30)11-4-3-10(8-25)12(7-11)21(22,23)24/h3-4,7,13-16,18,29H,5-6H2,1-2H3,(H,26,28)/t13-,14+,15-,16-,18+,19+,20-/m1/s1. The number of fused-ring (bicyclic) bond motifs is 2. The molecule has 4 aliphatic rings. The molecule has 5 rings (SSSR count). The highest BCUT2D eigenvalue weighted by molar-refractivity contribution is 6.00. The number of aliphatic hydroxyl groups is 1. The van der Waals surface area contributed by atoms with Crippen LogP contribution in [-0.2, 0) is 25.2 Å². The maximum Gasteiger partial charge on any atom is 0.417 e. The van der Waals surface area contributed by atoms with Crippen molar-refractivity contribution < 1.29 is 37.3 Å². The zero-order valence-electron chi connectivity index (χ0n) is 17.1. The van der Waals surface area contributed by atoms with E-state index in [1.807, 2.05) is 0 Å². The lowest BCUT2D eigenvalue weighted by Gasteiger charge is -2.46. The van der Waals surface area contributed by atoms with Crippen LogP contribution in [0.2, 0.25) is 0 Å². The number of alkyl halides is 3. The normalized spacial score (nSPS) is 39.7. The second kappa shape index (κ2) is 6.43. The van der Waals surface area contributed by atoms with Crippen molar-refractivity contribution in [2.75, 3.05) is 11.5 Å². The molecule has 4 aliphatic heterocycles. The number of rotatable bonds is 2. The fourth-order valence-corrected chi connectivity index (χ4v) is 6.13. The van der Waals surface area contributed by atoms with Gasteiger partial charge in [0.15, 0.2) is 0 Å². The van der Waals surface area contributed by atoms with Crippen molar-refractivity contribution in [3.05, 3.63) is 29.3 Å². The lowest BCUT2D eigenvalue weighted by Crippen LogP contribution is -2.66. The first kappa shape index (κ1) is 21.2. The fourth-order valence-electron chi connectivity index (χ4n) is 6.13. The van der Waals surface area contributed by atoms with E-state index in [9.17, 15) is 27.9 Å². The van der Waals surface area contributed by atoms with Crippen molar-refractivity contribution in [2.24, 2.45) is 11.8 Å². The lowest BCUT2D eigenvalue weighted by molar-refractivity contribution is -0.148. The molecule has 2 amide bonds. The van der Waals surface area contributed by atoms with Crippen LogP contribution in [0.25, 0.3) is 0 Å². The molecule has 1 aromatic rings. The van der Waals surface area contributed by atoms with Gasteiger partial charge in [0.05, 0.1) is 41.7 Å².